The maximum atomic E-state index is 12.2. The van der Waals surface area contributed by atoms with Crippen molar-refractivity contribution in [2.75, 3.05) is 6.54 Å². The zero-order chi connectivity index (χ0) is 15.8. The van der Waals surface area contributed by atoms with Crippen LogP contribution in [0.25, 0.3) is 0 Å². The molecule has 1 amide bonds. The van der Waals surface area contributed by atoms with E-state index < -0.39 is 10.8 Å². The summed E-state index contributed by atoms with van der Waals surface area (Å²) < 4.78 is 0. The van der Waals surface area contributed by atoms with Gasteiger partial charge >= 0.3 is 5.69 Å². The summed E-state index contributed by atoms with van der Waals surface area (Å²) in [4.78, 5) is 22.8. The number of aromatic nitrogens is 2. The number of amides is 1. The molecule has 0 aliphatic rings. The Bertz CT molecular complexity index is 492. The molecule has 1 aromatic heterocycles. The highest BCUT2D eigenvalue weighted by atomic mass is 35.5. The first-order valence-corrected chi connectivity index (χ1v) is 7.27. The van der Waals surface area contributed by atoms with Crippen molar-refractivity contribution in [1.29, 1.82) is 0 Å². The molecule has 22 heavy (non-hydrogen) atoms. The quantitative estimate of drug-likeness (QED) is 0.470. The monoisotopic (exact) mass is 333 g/mol. The lowest BCUT2D eigenvalue weighted by Gasteiger charge is -2.15. The van der Waals surface area contributed by atoms with E-state index in [-0.39, 0.29) is 29.8 Å². The lowest BCUT2D eigenvalue weighted by atomic mass is 10.1. The van der Waals surface area contributed by atoms with Crippen LogP contribution in [0.15, 0.2) is 0 Å². The third kappa shape index (κ3) is 5.27. The molecule has 0 radical (unpaired) electrons. The molecule has 0 bridgehead atoms. The van der Waals surface area contributed by atoms with E-state index in [1.165, 1.54) is 0 Å². The zero-order valence-electron chi connectivity index (χ0n) is 12.9. The van der Waals surface area contributed by atoms with E-state index in [4.69, 9.17) is 5.73 Å². The van der Waals surface area contributed by atoms with Gasteiger partial charge in [-0.05, 0) is 12.8 Å². The van der Waals surface area contributed by atoms with Gasteiger partial charge in [-0.2, -0.15) is 5.10 Å². The predicted molar refractivity (Wildman–Crippen MR) is 86.3 cm³/mol. The van der Waals surface area contributed by atoms with Gasteiger partial charge in [-0.15, -0.1) is 12.4 Å². The molecule has 1 atom stereocenters. The maximum Gasteiger partial charge on any atom is 0.322 e. The first-order valence-electron chi connectivity index (χ1n) is 7.27. The van der Waals surface area contributed by atoms with E-state index in [0.717, 1.165) is 25.7 Å². The molecule has 1 unspecified atom stereocenters. The van der Waals surface area contributed by atoms with Crippen LogP contribution in [-0.4, -0.2) is 33.6 Å². The van der Waals surface area contributed by atoms with Gasteiger partial charge in [-0.25, -0.2) is 0 Å². The largest absolute Gasteiger partial charge is 0.346 e. The van der Waals surface area contributed by atoms with E-state index in [0.29, 0.717) is 18.7 Å². The van der Waals surface area contributed by atoms with Crippen LogP contribution in [0.2, 0.25) is 0 Å². The van der Waals surface area contributed by atoms with Crippen LogP contribution in [0.5, 0.6) is 0 Å². The van der Waals surface area contributed by atoms with Crippen LogP contribution in [0.1, 0.15) is 55.7 Å². The van der Waals surface area contributed by atoms with Crippen LogP contribution in [0.4, 0.5) is 5.69 Å². The third-order valence-corrected chi connectivity index (χ3v) is 3.24. The summed E-state index contributed by atoms with van der Waals surface area (Å²) in [6, 6.07) is -0.191. The molecule has 1 aromatic rings. The zero-order valence-corrected chi connectivity index (χ0v) is 13.7. The fourth-order valence-electron chi connectivity index (χ4n) is 2.10. The third-order valence-electron chi connectivity index (χ3n) is 3.24. The fourth-order valence-corrected chi connectivity index (χ4v) is 2.10. The molecule has 0 aromatic carbocycles. The number of carbonyl (C=O) groups is 1. The second kappa shape index (κ2) is 10.1. The number of aryl methyl sites for hydroxylation is 1. The second-order valence-corrected chi connectivity index (χ2v) is 4.95. The van der Waals surface area contributed by atoms with Gasteiger partial charge in [0, 0.05) is 12.6 Å². The SMILES string of the molecule is CCCCC(CN)NC(=O)c1n[nH]c(CCC)c1[N+](=O)[O-].Cl. The molecule has 0 saturated carbocycles. The molecular weight excluding hydrogens is 310 g/mol. The van der Waals surface area contributed by atoms with E-state index in [1.807, 2.05) is 13.8 Å². The summed E-state index contributed by atoms with van der Waals surface area (Å²) in [6.07, 6.45) is 3.89. The number of nitrogens with two attached hydrogens (primary N) is 1. The molecule has 0 fully saturated rings. The van der Waals surface area contributed by atoms with Crippen molar-refractivity contribution in [3.05, 3.63) is 21.5 Å². The summed E-state index contributed by atoms with van der Waals surface area (Å²) in [6.45, 7) is 4.25. The number of nitro groups is 1. The number of nitrogens with one attached hydrogen (secondary N) is 2. The Balaban J connectivity index is 0.00000441. The predicted octanol–water partition coefficient (Wildman–Crippen LogP) is 1.94. The van der Waals surface area contributed by atoms with Gasteiger partial charge in [-0.3, -0.25) is 20.0 Å². The first kappa shape index (κ1) is 20.3. The van der Waals surface area contributed by atoms with E-state index in [2.05, 4.69) is 15.5 Å². The summed E-state index contributed by atoms with van der Waals surface area (Å²) >= 11 is 0. The Hall–Kier alpha value is -1.67. The van der Waals surface area contributed by atoms with Crippen LogP contribution < -0.4 is 11.1 Å². The van der Waals surface area contributed by atoms with Crippen molar-refractivity contribution in [3.63, 3.8) is 0 Å². The average molecular weight is 334 g/mol. The number of rotatable bonds is 9. The van der Waals surface area contributed by atoms with Gasteiger partial charge in [0.25, 0.3) is 5.91 Å². The lowest BCUT2D eigenvalue weighted by molar-refractivity contribution is -0.385. The molecule has 0 aliphatic heterocycles. The lowest BCUT2D eigenvalue weighted by Crippen LogP contribution is -2.40. The molecule has 0 saturated heterocycles. The van der Waals surface area contributed by atoms with Crippen molar-refractivity contribution < 1.29 is 9.72 Å². The Kier molecular flexibility index (Phi) is 9.35. The van der Waals surface area contributed by atoms with E-state index >= 15 is 0 Å². The Morgan fingerprint density at radius 1 is 1.45 bits per heavy atom. The fraction of sp³-hybridized carbons (Fsp3) is 0.692. The van der Waals surface area contributed by atoms with Crippen LogP contribution in [0, 0.1) is 10.1 Å². The van der Waals surface area contributed by atoms with Gasteiger partial charge in [0.2, 0.25) is 5.69 Å². The molecular formula is C13H24ClN5O3. The van der Waals surface area contributed by atoms with Crippen LogP contribution in [-0.2, 0) is 6.42 Å². The number of unbranched alkanes of at least 4 members (excludes halogenated alkanes) is 1. The summed E-state index contributed by atoms with van der Waals surface area (Å²) in [5.41, 5.74) is 5.59. The molecule has 8 nitrogen and oxygen atoms in total. The van der Waals surface area contributed by atoms with Crippen LogP contribution >= 0.6 is 12.4 Å². The van der Waals surface area contributed by atoms with Gasteiger partial charge in [-0.1, -0.05) is 33.1 Å². The molecule has 1 rings (SSSR count). The van der Waals surface area contributed by atoms with Crippen molar-refractivity contribution in [2.24, 2.45) is 5.73 Å². The Morgan fingerprint density at radius 2 is 2.14 bits per heavy atom. The summed E-state index contributed by atoms with van der Waals surface area (Å²) in [7, 11) is 0. The molecule has 0 aliphatic carbocycles. The highest BCUT2D eigenvalue weighted by Crippen LogP contribution is 2.22. The van der Waals surface area contributed by atoms with E-state index in [9.17, 15) is 14.9 Å². The highest BCUT2D eigenvalue weighted by Gasteiger charge is 2.29. The minimum absolute atomic E-state index is 0. The number of H-pyrrole nitrogens is 1. The van der Waals surface area contributed by atoms with Crippen LogP contribution in [0.3, 0.4) is 0 Å². The van der Waals surface area contributed by atoms with Crippen molar-refractivity contribution >= 4 is 24.0 Å². The van der Waals surface area contributed by atoms with Crippen molar-refractivity contribution in [3.8, 4) is 0 Å². The second-order valence-electron chi connectivity index (χ2n) is 4.95. The number of carbonyl (C=O) groups excluding carboxylic acids is 1. The average Bonchev–Trinajstić information content (AvgIpc) is 2.87. The summed E-state index contributed by atoms with van der Waals surface area (Å²) in [5.74, 6) is -0.549. The van der Waals surface area contributed by atoms with E-state index in [1.54, 1.807) is 0 Å². The Morgan fingerprint density at radius 3 is 2.64 bits per heavy atom. The number of nitrogens with zero attached hydrogens (tertiary/aromatic N) is 2. The van der Waals surface area contributed by atoms with Gasteiger partial charge < -0.3 is 11.1 Å². The minimum Gasteiger partial charge on any atom is -0.346 e. The van der Waals surface area contributed by atoms with Crippen molar-refractivity contribution in [1.82, 2.24) is 15.5 Å². The molecule has 9 heteroatoms. The standard InChI is InChI=1S/C13H23N5O3.ClH/c1-3-5-7-9(8-14)15-13(19)11-12(18(20)21)10(6-4-2)16-17-11;/h9H,3-8,14H2,1-2H3,(H,15,19)(H,16,17);1H. The normalized spacial score (nSPS) is 11.6. The van der Waals surface area contributed by atoms with Gasteiger partial charge in [0.1, 0.15) is 5.69 Å². The van der Waals surface area contributed by atoms with Gasteiger partial charge in [0.05, 0.1) is 4.92 Å². The van der Waals surface area contributed by atoms with Gasteiger partial charge in [0.15, 0.2) is 0 Å². The Labute approximate surface area is 135 Å². The molecule has 4 N–H and O–H groups in total. The smallest absolute Gasteiger partial charge is 0.322 e. The molecule has 126 valence electrons. The molecule has 0 spiro atoms. The number of hydrogen-bond acceptors (Lipinski definition) is 5. The summed E-state index contributed by atoms with van der Waals surface area (Å²) in [5, 5.41) is 20.3. The first-order chi connectivity index (χ1) is 10.0. The minimum atomic E-state index is -0.563. The number of halogens is 1. The molecule has 1 heterocycles. The topological polar surface area (TPSA) is 127 Å². The number of aromatic amines is 1. The highest BCUT2D eigenvalue weighted by molar-refractivity contribution is 5.96. The maximum absolute atomic E-state index is 12.2. The number of hydrogen-bond donors (Lipinski definition) is 3. The van der Waals surface area contributed by atoms with Crippen molar-refractivity contribution in [2.45, 2.75) is 52.0 Å².